The average molecular weight is 367 g/mol. The molecule has 3 nitrogen and oxygen atoms in total. The Morgan fingerprint density at radius 2 is 2.05 bits per heavy atom. The minimum atomic E-state index is -4.61. The number of aliphatic hydroxyl groups is 1. The number of alkyl halides is 4. The highest BCUT2D eigenvalue weighted by molar-refractivity contribution is 9.08. The number of carbonyl (C=O) groups is 1. The summed E-state index contributed by atoms with van der Waals surface area (Å²) in [5, 5.41) is 10.1. The fourth-order valence-electron chi connectivity index (χ4n) is 2.43. The molecule has 0 amide bonds. The summed E-state index contributed by atoms with van der Waals surface area (Å²) in [6.45, 7) is 0. The molecule has 1 saturated carbocycles. The summed E-state index contributed by atoms with van der Waals surface area (Å²) in [5.41, 5.74) is -2.43. The predicted octanol–water partition coefficient (Wildman–Crippen LogP) is 3.76. The zero-order chi connectivity index (χ0) is 15.8. The average Bonchev–Trinajstić information content (AvgIpc) is 2.41. The molecule has 21 heavy (non-hydrogen) atoms. The van der Waals surface area contributed by atoms with Gasteiger partial charge in [0.25, 0.3) is 0 Å². The number of methoxy groups -OCH3 is 1. The Labute approximate surface area is 128 Å². The number of esters is 1. The number of ether oxygens (including phenoxy) is 1. The molecular formula is C14H14BrF3O3. The van der Waals surface area contributed by atoms with Gasteiger partial charge in [-0.25, -0.2) is 4.79 Å². The normalized spacial score (nSPS) is 17.2. The maximum atomic E-state index is 13.2. The third-order valence-electron chi connectivity index (χ3n) is 3.81. The predicted molar refractivity (Wildman–Crippen MR) is 73.2 cm³/mol. The Balaban J connectivity index is 2.68. The second-order valence-electron chi connectivity index (χ2n) is 5.06. The molecule has 0 bridgehead atoms. The molecule has 1 aliphatic carbocycles. The van der Waals surface area contributed by atoms with Gasteiger partial charge >= 0.3 is 12.1 Å². The number of rotatable bonds is 3. The quantitative estimate of drug-likeness (QED) is 0.654. The van der Waals surface area contributed by atoms with Crippen LogP contribution in [0.15, 0.2) is 12.1 Å². The van der Waals surface area contributed by atoms with Gasteiger partial charge in [0.15, 0.2) is 0 Å². The summed E-state index contributed by atoms with van der Waals surface area (Å²) in [7, 11) is 1.11. The van der Waals surface area contributed by atoms with Crippen LogP contribution in [0.25, 0.3) is 0 Å². The molecule has 1 fully saturated rings. The molecule has 0 unspecified atom stereocenters. The Hall–Kier alpha value is -1.08. The van der Waals surface area contributed by atoms with Gasteiger partial charge in [0.05, 0.1) is 23.8 Å². The van der Waals surface area contributed by atoms with Crippen LogP contribution in [-0.4, -0.2) is 18.2 Å². The highest BCUT2D eigenvalue weighted by Crippen LogP contribution is 2.44. The van der Waals surface area contributed by atoms with E-state index in [0.29, 0.717) is 12.8 Å². The minimum absolute atomic E-state index is 0.117. The molecule has 1 N–H and O–H groups in total. The number of halogens is 4. The molecule has 2 rings (SSSR count). The summed E-state index contributed by atoms with van der Waals surface area (Å²) < 4.78 is 44.2. The number of carbonyl (C=O) groups excluding carboxylic acids is 1. The third kappa shape index (κ3) is 2.94. The first kappa shape index (κ1) is 16.3. The van der Waals surface area contributed by atoms with Crippen molar-refractivity contribution in [2.45, 2.75) is 36.4 Å². The van der Waals surface area contributed by atoms with E-state index >= 15 is 0 Å². The van der Waals surface area contributed by atoms with Crippen molar-refractivity contribution in [3.63, 3.8) is 0 Å². The molecule has 0 aromatic heterocycles. The van der Waals surface area contributed by atoms with E-state index in [1.54, 1.807) is 0 Å². The van der Waals surface area contributed by atoms with Crippen molar-refractivity contribution >= 4 is 21.9 Å². The smallest absolute Gasteiger partial charge is 0.416 e. The van der Waals surface area contributed by atoms with Crippen molar-refractivity contribution in [3.05, 3.63) is 34.4 Å². The van der Waals surface area contributed by atoms with Gasteiger partial charge in [0.1, 0.15) is 0 Å². The van der Waals surface area contributed by atoms with Gasteiger partial charge in [0.2, 0.25) is 0 Å². The highest BCUT2D eigenvalue weighted by atomic mass is 79.9. The van der Waals surface area contributed by atoms with Crippen LogP contribution in [0, 0.1) is 0 Å². The van der Waals surface area contributed by atoms with Crippen molar-refractivity contribution in [2.24, 2.45) is 0 Å². The molecule has 1 aromatic carbocycles. The van der Waals surface area contributed by atoms with Gasteiger partial charge in [-0.15, -0.1) is 0 Å². The molecule has 116 valence electrons. The van der Waals surface area contributed by atoms with E-state index in [0.717, 1.165) is 19.6 Å². The summed E-state index contributed by atoms with van der Waals surface area (Å²) in [4.78, 5) is 11.8. The van der Waals surface area contributed by atoms with Crippen molar-refractivity contribution in [3.8, 4) is 0 Å². The van der Waals surface area contributed by atoms with Crippen molar-refractivity contribution in [2.75, 3.05) is 7.11 Å². The number of hydrogen-bond donors (Lipinski definition) is 1. The molecule has 0 saturated heterocycles. The lowest BCUT2D eigenvalue weighted by atomic mass is 9.74. The van der Waals surface area contributed by atoms with E-state index in [1.807, 2.05) is 0 Å². The van der Waals surface area contributed by atoms with E-state index in [4.69, 9.17) is 0 Å². The van der Waals surface area contributed by atoms with Gasteiger partial charge < -0.3 is 9.84 Å². The molecule has 0 aliphatic heterocycles. The molecule has 0 radical (unpaired) electrons. The van der Waals surface area contributed by atoms with E-state index in [1.165, 1.54) is 6.07 Å². The van der Waals surface area contributed by atoms with Gasteiger partial charge in [-0.3, -0.25) is 0 Å². The maximum Gasteiger partial charge on any atom is 0.416 e. The second-order valence-corrected chi connectivity index (χ2v) is 5.62. The Morgan fingerprint density at radius 3 is 2.43 bits per heavy atom. The fraction of sp³-hybridized carbons (Fsp3) is 0.500. The lowest BCUT2D eigenvalue weighted by molar-refractivity contribution is -0.138. The first-order valence-corrected chi connectivity index (χ1v) is 7.46. The van der Waals surface area contributed by atoms with Gasteiger partial charge in [-0.05, 0) is 42.5 Å². The Morgan fingerprint density at radius 1 is 1.43 bits per heavy atom. The highest BCUT2D eigenvalue weighted by Gasteiger charge is 2.41. The fourth-order valence-corrected chi connectivity index (χ4v) is 3.03. The van der Waals surface area contributed by atoms with Crippen molar-refractivity contribution < 1.29 is 27.8 Å². The summed E-state index contributed by atoms with van der Waals surface area (Å²) in [5.74, 6) is -0.847. The van der Waals surface area contributed by atoms with E-state index < -0.39 is 23.3 Å². The third-order valence-corrected chi connectivity index (χ3v) is 4.37. The van der Waals surface area contributed by atoms with Gasteiger partial charge in [0, 0.05) is 5.33 Å². The number of hydrogen-bond acceptors (Lipinski definition) is 3. The van der Waals surface area contributed by atoms with Crippen LogP contribution in [0.3, 0.4) is 0 Å². The SMILES string of the molecule is COC(=O)c1cc(C2(O)CCC2)cc(C(F)(F)F)c1CBr. The van der Waals surface area contributed by atoms with Gasteiger partial charge in [-0.2, -0.15) is 13.2 Å². The lowest BCUT2D eigenvalue weighted by Crippen LogP contribution is -2.34. The van der Waals surface area contributed by atoms with Crippen molar-refractivity contribution in [1.29, 1.82) is 0 Å². The molecule has 1 aromatic rings. The van der Waals surface area contributed by atoms with Crippen LogP contribution in [0.2, 0.25) is 0 Å². The topological polar surface area (TPSA) is 46.5 Å². The molecule has 1 aliphatic rings. The Bertz CT molecular complexity index is 565. The van der Waals surface area contributed by atoms with E-state index in [9.17, 15) is 23.1 Å². The number of benzene rings is 1. The van der Waals surface area contributed by atoms with Crippen LogP contribution >= 0.6 is 15.9 Å². The second kappa shape index (κ2) is 5.61. The lowest BCUT2D eigenvalue weighted by Gasteiger charge is -2.38. The standard InChI is InChI=1S/C14H14BrF3O3/c1-21-12(19)9-5-8(13(20)3-2-4-13)6-11(10(9)7-15)14(16,17)18/h5-6,20H,2-4,7H2,1H3. The summed E-state index contributed by atoms with van der Waals surface area (Å²) in [6.07, 6.45) is -3.09. The largest absolute Gasteiger partial charge is 0.465 e. The zero-order valence-corrected chi connectivity index (χ0v) is 12.8. The first-order chi connectivity index (χ1) is 9.73. The Kier molecular flexibility index (Phi) is 4.35. The van der Waals surface area contributed by atoms with Crippen molar-refractivity contribution in [1.82, 2.24) is 0 Å². The van der Waals surface area contributed by atoms with Crippen LogP contribution < -0.4 is 0 Å². The molecule has 7 heteroatoms. The van der Waals surface area contributed by atoms with E-state index in [-0.39, 0.29) is 22.0 Å². The minimum Gasteiger partial charge on any atom is -0.465 e. The van der Waals surface area contributed by atoms with Crippen LogP contribution in [0.4, 0.5) is 13.2 Å². The van der Waals surface area contributed by atoms with Crippen LogP contribution in [0.5, 0.6) is 0 Å². The maximum absolute atomic E-state index is 13.2. The molecular weight excluding hydrogens is 353 g/mol. The first-order valence-electron chi connectivity index (χ1n) is 6.34. The molecule has 0 atom stereocenters. The van der Waals surface area contributed by atoms with Gasteiger partial charge in [-0.1, -0.05) is 15.9 Å². The van der Waals surface area contributed by atoms with Crippen LogP contribution in [0.1, 0.15) is 46.3 Å². The summed E-state index contributed by atoms with van der Waals surface area (Å²) >= 11 is 2.98. The van der Waals surface area contributed by atoms with Crippen LogP contribution in [-0.2, 0) is 21.8 Å². The zero-order valence-electron chi connectivity index (χ0n) is 11.3. The molecule has 0 spiro atoms. The molecule has 0 heterocycles. The van der Waals surface area contributed by atoms with E-state index in [2.05, 4.69) is 20.7 Å². The summed E-state index contributed by atoms with van der Waals surface area (Å²) in [6, 6.07) is 2.24. The monoisotopic (exact) mass is 366 g/mol.